The highest BCUT2D eigenvalue weighted by molar-refractivity contribution is 6.30. The highest BCUT2D eigenvalue weighted by Crippen LogP contribution is 2.22. The smallest absolute Gasteiger partial charge is 0.258 e. The van der Waals surface area contributed by atoms with Crippen LogP contribution in [0.15, 0.2) is 28.8 Å². The maximum atomic E-state index is 9.43. The van der Waals surface area contributed by atoms with Gasteiger partial charge in [-0.25, -0.2) is 0 Å². The average molecular weight is 308 g/mol. The van der Waals surface area contributed by atoms with Crippen LogP contribution in [0.2, 0.25) is 5.02 Å². The van der Waals surface area contributed by atoms with Crippen LogP contribution in [0.4, 0.5) is 0 Å². The van der Waals surface area contributed by atoms with Gasteiger partial charge in [0.1, 0.15) is 0 Å². The van der Waals surface area contributed by atoms with E-state index in [4.69, 9.17) is 16.1 Å². The largest absolute Gasteiger partial charge is 0.395 e. The first-order valence-electron chi connectivity index (χ1n) is 7.19. The zero-order valence-corrected chi connectivity index (χ0v) is 12.5. The Kier molecular flexibility index (Phi) is 4.53. The van der Waals surface area contributed by atoms with E-state index in [2.05, 4.69) is 15.0 Å². The molecule has 0 saturated carbocycles. The SMILES string of the molecule is OC[C@H]1CCCCN1Cc1noc(-c2cccc(Cl)c2)n1. The molecule has 0 unspecified atom stereocenters. The minimum Gasteiger partial charge on any atom is -0.395 e. The normalized spacial score (nSPS) is 19.8. The van der Waals surface area contributed by atoms with E-state index in [1.807, 2.05) is 18.2 Å². The Morgan fingerprint density at radius 1 is 1.38 bits per heavy atom. The summed E-state index contributed by atoms with van der Waals surface area (Å²) in [7, 11) is 0. The number of nitrogens with zero attached hydrogens (tertiary/aromatic N) is 3. The number of aliphatic hydroxyl groups is 1. The van der Waals surface area contributed by atoms with Crippen molar-refractivity contribution in [2.45, 2.75) is 31.8 Å². The molecule has 0 spiro atoms. The fourth-order valence-corrected chi connectivity index (χ4v) is 2.90. The van der Waals surface area contributed by atoms with Crippen molar-refractivity contribution in [3.05, 3.63) is 35.1 Å². The molecule has 2 heterocycles. The van der Waals surface area contributed by atoms with Gasteiger partial charge in [-0.1, -0.05) is 29.2 Å². The van der Waals surface area contributed by atoms with Crippen LogP contribution in [-0.4, -0.2) is 39.3 Å². The van der Waals surface area contributed by atoms with E-state index in [-0.39, 0.29) is 12.6 Å². The lowest BCUT2D eigenvalue weighted by Gasteiger charge is -2.33. The summed E-state index contributed by atoms with van der Waals surface area (Å²) < 4.78 is 5.31. The van der Waals surface area contributed by atoms with Crippen molar-refractivity contribution in [1.29, 1.82) is 0 Å². The number of benzene rings is 1. The molecule has 0 radical (unpaired) electrons. The molecule has 5 nitrogen and oxygen atoms in total. The number of halogens is 1. The molecule has 1 aromatic heterocycles. The fourth-order valence-electron chi connectivity index (χ4n) is 2.71. The number of aliphatic hydroxyl groups excluding tert-OH is 1. The molecule has 1 aliphatic heterocycles. The Labute approximate surface area is 128 Å². The molecule has 1 saturated heterocycles. The van der Waals surface area contributed by atoms with Crippen LogP contribution in [0.5, 0.6) is 0 Å². The van der Waals surface area contributed by atoms with Crippen molar-refractivity contribution in [2.24, 2.45) is 0 Å². The Bertz CT molecular complexity index is 602. The van der Waals surface area contributed by atoms with E-state index >= 15 is 0 Å². The molecule has 1 N–H and O–H groups in total. The Morgan fingerprint density at radius 2 is 2.29 bits per heavy atom. The second kappa shape index (κ2) is 6.56. The number of piperidine rings is 1. The summed E-state index contributed by atoms with van der Waals surface area (Å²) in [6, 6.07) is 7.55. The summed E-state index contributed by atoms with van der Waals surface area (Å²) in [5, 5.41) is 14.1. The first-order chi connectivity index (χ1) is 10.3. The van der Waals surface area contributed by atoms with E-state index in [1.54, 1.807) is 6.07 Å². The lowest BCUT2D eigenvalue weighted by molar-refractivity contribution is 0.0812. The quantitative estimate of drug-likeness (QED) is 0.941. The van der Waals surface area contributed by atoms with Crippen LogP contribution >= 0.6 is 11.6 Å². The third-order valence-corrected chi connectivity index (χ3v) is 4.08. The number of likely N-dealkylation sites (tertiary alicyclic amines) is 1. The highest BCUT2D eigenvalue weighted by Gasteiger charge is 2.23. The zero-order valence-electron chi connectivity index (χ0n) is 11.7. The van der Waals surface area contributed by atoms with Gasteiger partial charge < -0.3 is 9.63 Å². The average Bonchev–Trinajstić information content (AvgIpc) is 2.96. The Balaban J connectivity index is 1.73. The van der Waals surface area contributed by atoms with E-state index in [0.717, 1.165) is 24.9 Å². The topological polar surface area (TPSA) is 62.4 Å². The summed E-state index contributed by atoms with van der Waals surface area (Å²) in [4.78, 5) is 6.64. The van der Waals surface area contributed by atoms with Gasteiger partial charge in [0.2, 0.25) is 0 Å². The number of aromatic nitrogens is 2. The van der Waals surface area contributed by atoms with Crippen molar-refractivity contribution in [3.8, 4) is 11.5 Å². The van der Waals surface area contributed by atoms with Gasteiger partial charge in [-0.15, -0.1) is 0 Å². The van der Waals surface area contributed by atoms with Crippen LogP contribution in [0.3, 0.4) is 0 Å². The van der Waals surface area contributed by atoms with Crippen LogP contribution < -0.4 is 0 Å². The van der Waals surface area contributed by atoms with Gasteiger partial charge in [-0.05, 0) is 37.6 Å². The summed E-state index contributed by atoms with van der Waals surface area (Å²) in [5.74, 6) is 1.12. The summed E-state index contributed by atoms with van der Waals surface area (Å²) in [6.45, 7) is 1.75. The first kappa shape index (κ1) is 14.5. The maximum Gasteiger partial charge on any atom is 0.258 e. The first-order valence-corrected chi connectivity index (χ1v) is 7.57. The second-order valence-electron chi connectivity index (χ2n) is 5.33. The van der Waals surface area contributed by atoms with Crippen molar-refractivity contribution >= 4 is 11.6 Å². The van der Waals surface area contributed by atoms with Gasteiger partial charge >= 0.3 is 0 Å². The van der Waals surface area contributed by atoms with Gasteiger partial charge in [-0.2, -0.15) is 4.98 Å². The van der Waals surface area contributed by atoms with E-state index in [0.29, 0.717) is 23.3 Å². The minimum absolute atomic E-state index is 0.180. The lowest BCUT2D eigenvalue weighted by Crippen LogP contribution is -2.41. The van der Waals surface area contributed by atoms with Gasteiger partial charge in [0, 0.05) is 16.6 Å². The molecule has 21 heavy (non-hydrogen) atoms. The number of hydrogen-bond donors (Lipinski definition) is 1. The molecule has 1 atom stereocenters. The number of hydrogen-bond acceptors (Lipinski definition) is 5. The molecule has 1 aliphatic rings. The fraction of sp³-hybridized carbons (Fsp3) is 0.467. The predicted molar refractivity (Wildman–Crippen MR) is 79.9 cm³/mol. The molecule has 112 valence electrons. The molecule has 1 aromatic carbocycles. The summed E-state index contributed by atoms with van der Waals surface area (Å²) >= 11 is 5.97. The van der Waals surface area contributed by atoms with Crippen LogP contribution in [0, 0.1) is 0 Å². The van der Waals surface area contributed by atoms with Crippen LogP contribution in [-0.2, 0) is 6.54 Å². The summed E-state index contributed by atoms with van der Waals surface area (Å²) in [6.07, 6.45) is 3.34. The van der Waals surface area contributed by atoms with Crippen molar-refractivity contribution in [1.82, 2.24) is 15.0 Å². The predicted octanol–water partition coefficient (Wildman–Crippen LogP) is 2.74. The lowest BCUT2D eigenvalue weighted by atomic mass is 10.0. The van der Waals surface area contributed by atoms with Crippen LogP contribution in [0.1, 0.15) is 25.1 Å². The molecule has 3 rings (SSSR count). The minimum atomic E-state index is 0.180. The third kappa shape index (κ3) is 3.43. The van der Waals surface area contributed by atoms with Gasteiger partial charge in [0.15, 0.2) is 5.82 Å². The Hall–Kier alpha value is -1.43. The molecule has 0 aliphatic carbocycles. The molecular weight excluding hydrogens is 290 g/mol. The van der Waals surface area contributed by atoms with E-state index < -0.39 is 0 Å². The molecular formula is C15H18ClN3O2. The van der Waals surface area contributed by atoms with E-state index in [1.165, 1.54) is 6.42 Å². The molecule has 2 aromatic rings. The molecule has 6 heteroatoms. The third-order valence-electron chi connectivity index (χ3n) is 3.84. The summed E-state index contributed by atoms with van der Waals surface area (Å²) in [5.41, 5.74) is 0.818. The van der Waals surface area contributed by atoms with Crippen molar-refractivity contribution in [2.75, 3.05) is 13.2 Å². The standard InChI is InChI=1S/C15H18ClN3O2/c16-12-5-3-4-11(8-12)15-17-14(18-21-15)9-19-7-2-1-6-13(19)10-20/h3-5,8,13,20H,1-2,6-7,9-10H2/t13-/m1/s1. The van der Waals surface area contributed by atoms with Gasteiger partial charge in [-0.3, -0.25) is 4.90 Å². The van der Waals surface area contributed by atoms with Crippen LogP contribution in [0.25, 0.3) is 11.5 Å². The molecule has 0 amide bonds. The Morgan fingerprint density at radius 3 is 3.10 bits per heavy atom. The second-order valence-corrected chi connectivity index (χ2v) is 5.77. The molecule has 0 bridgehead atoms. The van der Waals surface area contributed by atoms with E-state index in [9.17, 15) is 5.11 Å². The van der Waals surface area contributed by atoms with Gasteiger partial charge in [0.05, 0.1) is 13.2 Å². The van der Waals surface area contributed by atoms with Gasteiger partial charge in [0.25, 0.3) is 5.89 Å². The van der Waals surface area contributed by atoms with Crippen molar-refractivity contribution in [3.63, 3.8) is 0 Å². The monoisotopic (exact) mass is 307 g/mol. The molecule has 1 fully saturated rings. The zero-order chi connectivity index (χ0) is 14.7. The van der Waals surface area contributed by atoms with Crippen molar-refractivity contribution < 1.29 is 9.63 Å². The highest BCUT2D eigenvalue weighted by atomic mass is 35.5. The maximum absolute atomic E-state index is 9.43. The number of rotatable bonds is 4.